The van der Waals surface area contributed by atoms with Gasteiger partial charge in [-0.3, -0.25) is 4.90 Å². The maximum Gasteiger partial charge on any atom is 0.133 e. The Balaban J connectivity index is 1.06. The van der Waals surface area contributed by atoms with E-state index in [0.29, 0.717) is 6.04 Å². The lowest BCUT2D eigenvalue weighted by atomic mass is 9.91. The molecule has 7 heteroatoms. The standard InChI is InChI=1S/C31H35N3O4/c1-21-16-25(32-37-21)19-34(20-26-17-22(2)38-33-26)27-9-11-28(12-10-27)35-29-13-15-31-24(18-29)8-14-30(36-31)23-6-4-3-5-7-23/h3-7,13,15-18,27-28,30H,8-12,14,19-20H2,1-2H3/t27-,28-,30?. The predicted octanol–water partition coefficient (Wildman–Crippen LogP) is 6.74. The first-order valence-electron chi connectivity index (χ1n) is 13.7. The van der Waals surface area contributed by atoms with Crippen LogP contribution in [0.2, 0.25) is 0 Å². The molecule has 198 valence electrons. The third-order valence-electron chi connectivity index (χ3n) is 7.69. The van der Waals surface area contributed by atoms with Gasteiger partial charge in [-0.25, -0.2) is 0 Å². The van der Waals surface area contributed by atoms with Crippen LogP contribution in [0.3, 0.4) is 0 Å². The molecule has 4 aromatic rings. The summed E-state index contributed by atoms with van der Waals surface area (Å²) in [5.74, 6) is 3.59. The number of ether oxygens (including phenoxy) is 2. The maximum absolute atomic E-state index is 6.48. The van der Waals surface area contributed by atoms with Crippen LogP contribution in [0.5, 0.6) is 11.5 Å². The first-order valence-corrected chi connectivity index (χ1v) is 13.7. The highest BCUT2D eigenvalue weighted by Crippen LogP contribution is 2.37. The van der Waals surface area contributed by atoms with Crippen molar-refractivity contribution in [3.63, 3.8) is 0 Å². The van der Waals surface area contributed by atoms with Crippen molar-refractivity contribution in [2.24, 2.45) is 0 Å². The Morgan fingerprint density at radius 3 is 2.13 bits per heavy atom. The van der Waals surface area contributed by atoms with Gasteiger partial charge in [-0.15, -0.1) is 0 Å². The third-order valence-corrected chi connectivity index (χ3v) is 7.69. The fourth-order valence-electron chi connectivity index (χ4n) is 5.78. The zero-order chi connectivity index (χ0) is 25.9. The molecule has 0 radical (unpaired) electrons. The van der Waals surface area contributed by atoms with E-state index in [9.17, 15) is 0 Å². The average molecular weight is 514 g/mol. The second kappa shape index (κ2) is 11.0. The molecule has 1 atom stereocenters. The van der Waals surface area contributed by atoms with Crippen LogP contribution in [-0.2, 0) is 19.5 Å². The Morgan fingerprint density at radius 1 is 0.816 bits per heavy atom. The van der Waals surface area contributed by atoms with Crippen molar-refractivity contribution in [1.82, 2.24) is 15.2 Å². The number of hydrogen-bond acceptors (Lipinski definition) is 7. The summed E-state index contributed by atoms with van der Waals surface area (Å²) in [6.45, 7) is 5.32. The van der Waals surface area contributed by atoms with Crippen LogP contribution in [0, 0.1) is 13.8 Å². The van der Waals surface area contributed by atoms with E-state index in [1.54, 1.807) is 0 Å². The van der Waals surface area contributed by atoms with Crippen molar-refractivity contribution in [3.8, 4) is 11.5 Å². The van der Waals surface area contributed by atoms with Crippen molar-refractivity contribution >= 4 is 0 Å². The fraction of sp³-hybridized carbons (Fsp3) is 0.419. The summed E-state index contributed by atoms with van der Waals surface area (Å²) >= 11 is 0. The Kier molecular flexibility index (Phi) is 7.18. The molecule has 0 amide bonds. The zero-order valence-corrected chi connectivity index (χ0v) is 22.1. The molecule has 1 aliphatic carbocycles. The molecular formula is C31H35N3O4. The van der Waals surface area contributed by atoms with Crippen LogP contribution in [-0.4, -0.2) is 27.4 Å². The molecule has 2 aromatic carbocycles. The minimum atomic E-state index is 0.121. The van der Waals surface area contributed by atoms with E-state index in [1.807, 2.05) is 32.0 Å². The number of fused-ring (bicyclic) bond motifs is 1. The van der Waals surface area contributed by atoms with E-state index >= 15 is 0 Å². The molecule has 1 aliphatic heterocycles. The Morgan fingerprint density at radius 2 is 1.50 bits per heavy atom. The topological polar surface area (TPSA) is 73.8 Å². The Hall–Kier alpha value is -3.58. The summed E-state index contributed by atoms with van der Waals surface area (Å²) in [4.78, 5) is 2.45. The monoisotopic (exact) mass is 513 g/mol. The molecular weight excluding hydrogens is 478 g/mol. The number of aromatic nitrogens is 2. The highest BCUT2D eigenvalue weighted by Gasteiger charge is 2.29. The van der Waals surface area contributed by atoms with Crippen molar-refractivity contribution in [3.05, 3.63) is 94.7 Å². The van der Waals surface area contributed by atoms with Crippen molar-refractivity contribution in [1.29, 1.82) is 0 Å². The van der Waals surface area contributed by atoms with Gasteiger partial charge in [0.05, 0.1) is 17.5 Å². The second-order valence-corrected chi connectivity index (χ2v) is 10.6. The van der Waals surface area contributed by atoms with Crippen molar-refractivity contribution in [2.75, 3.05) is 0 Å². The normalized spacial score (nSPS) is 21.2. The van der Waals surface area contributed by atoms with Crippen molar-refractivity contribution < 1.29 is 18.5 Å². The van der Waals surface area contributed by atoms with E-state index in [1.165, 1.54) is 11.1 Å². The second-order valence-electron chi connectivity index (χ2n) is 10.6. The van der Waals surface area contributed by atoms with Gasteiger partial charge in [-0.2, -0.15) is 0 Å². The van der Waals surface area contributed by atoms with Gasteiger partial charge < -0.3 is 18.5 Å². The average Bonchev–Trinajstić information content (AvgIpc) is 3.55. The van der Waals surface area contributed by atoms with Crippen LogP contribution in [0.15, 0.2) is 69.7 Å². The summed E-state index contributed by atoms with van der Waals surface area (Å²) in [6, 6.07) is 21.2. The van der Waals surface area contributed by atoms with Crippen molar-refractivity contribution in [2.45, 2.75) is 83.7 Å². The molecule has 3 heterocycles. The van der Waals surface area contributed by atoms with Gasteiger partial charge in [0.25, 0.3) is 0 Å². The number of hydrogen-bond donors (Lipinski definition) is 0. The molecule has 2 aliphatic rings. The first kappa shape index (κ1) is 24.7. The number of nitrogens with zero attached hydrogens (tertiary/aromatic N) is 3. The van der Waals surface area contributed by atoms with Crippen LogP contribution >= 0.6 is 0 Å². The molecule has 38 heavy (non-hydrogen) atoms. The van der Waals surface area contributed by atoms with Crippen LogP contribution < -0.4 is 9.47 Å². The summed E-state index contributed by atoms with van der Waals surface area (Å²) in [7, 11) is 0. The lowest BCUT2D eigenvalue weighted by Gasteiger charge is -2.36. The van der Waals surface area contributed by atoms with Gasteiger partial charge >= 0.3 is 0 Å². The van der Waals surface area contributed by atoms with Gasteiger partial charge in [-0.05, 0) is 81.7 Å². The molecule has 0 N–H and O–H groups in total. The van der Waals surface area contributed by atoms with Crippen LogP contribution in [0.25, 0.3) is 0 Å². The van der Waals surface area contributed by atoms with Gasteiger partial charge in [0, 0.05) is 31.3 Å². The molecule has 7 nitrogen and oxygen atoms in total. The largest absolute Gasteiger partial charge is 0.490 e. The minimum absolute atomic E-state index is 0.121. The molecule has 1 unspecified atom stereocenters. The summed E-state index contributed by atoms with van der Waals surface area (Å²) in [5, 5.41) is 8.46. The number of rotatable bonds is 8. The van der Waals surface area contributed by atoms with E-state index in [-0.39, 0.29) is 12.2 Å². The summed E-state index contributed by atoms with van der Waals surface area (Å²) < 4.78 is 23.4. The zero-order valence-electron chi connectivity index (χ0n) is 22.1. The smallest absolute Gasteiger partial charge is 0.133 e. The predicted molar refractivity (Wildman–Crippen MR) is 143 cm³/mol. The van der Waals surface area contributed by atoms with Crippen LogP contribution in [0.1, 0.15) is 72.2 Å². The summed E-state index contributed by atoms with van der Waals surface area (Å²) in [5.41, 5.74) is 4.38. The molecule has 6 rings (SSSR count). The first-order chi connectivity index (χ1) is 18.6. The lowest BCUT2D eigenvalue weighted by molar-refractivity contribution is 0.0765. The van der Waals surface area contributed by atoms with Gasteiger partial charge in [0.1, 0.15) is 29.1 Å². The number of benzene rings is 2. The number of aryl methyl sites for hydroxylation is 3. The minimum Gasteiger partial charge on any atom is -0.490 e. The third kappa shape index (κ3) is 5.78. The van der Waals surface area contributed by atoms with E-state index in [2.05, 4.69) is 57.7 Å². The lowest BCUT2D eigenvalue weighted by Crippen LogP contribution is -2.39. The summed E-state index contributed by atoms with van der Waals surface area (Å²) in [6.07, 6.45) is 6.47. The molecule has 2 aromatic heterocycles. The maximum atomic E-state index is 6.48. The molecule has 0 bridgehead atoms. The van der Waals surface area contributed by atoms with E-state index < -0.39 is 0 Å². The quantitative estimate of drug-likeness (QED) is 0.258. The highest BCUT2D eigenvalue weighted by atomic mass is 16.5. The van der Waals surface area contributed by atoms with Gasteiger partial charge in [-0.1, -0.05) is 40.6 Å². The van der Waals surface area contributed by atoms with Crippen LogP contribution in [0.4, 0.5) is 0 Å². The van der Waals surface area contributed by atoms with E-state index in [0.717, 1.165) is 86.0 Å². The molecule has 1 fully saturated rings. The Bertz CT molecular complexity index is 1300. The Labute approximate surface area is 223 Å². The molecule has 0 saturated heterocycles. The van der Waals surface area contributed by atoms with E-state index in [4.69, 9.17) is 18.5 Å². The van der Waals surface area contributed by atoms with Gasteiger partial charge in [0.15, 0.2) is 0 Å². The molecule has 1 saturated carbocycles. The van der Waals surface area contributed by atoms with Gasteiger partial charge in [0.2, 0.25) is 0 Å². The SMILES string of the molecule is Cc1cc(CN(Cc2cc(C)on2)[C@H]2CC[C@H](Oc3ccc4c(c3)CCC(c3ccccc3)O4)CC2)no1. The fourth-order valence-corrected chi connectivity index (χ4v) is 5.78. The highest BCUT2D eigenvalue weighted by molar-refractivity contribution is 5.42. The molecule has 0 spiro atoms.